The predicted molar refractivity (Wildman–Crippen MR) is 94.4 cm³/mol. The van der Waals surface area contributed by atoms with E-state index in [-0.39, 0.29) is 16.8 Å². The number of ether oxygens (including phenoxy) is 1. The van der Waals surface area contributed by atoms with Crippen molar-refractivity contribution >= 4 is 11.8 Å². The van der Waals surface area contributed by atoms with Crippen LogP contribution in [-0.4, -0.2) is 11.8 Å². The molecule has 0 N–H and O–H groups in total. The number of hydrogen-bond donors (Lipinski definition) is 0. The lowest BCUT2D eigenvalue weighted by atomic mass is 9.46. The molecule has 132 valence electrons. The molecule has 1 spiro atoms. The van der Waals surface area contributed by atoms with E-state index in [4.69, 9.17) is 4.74 Å². The molecule has 3 saturated carbocycles. The van der Waals surface area contributed by atoms with E-state index in [1.165, 1.54) is 30.9 Å². The highest BCUT2D eigenvalue weighted by atomic mass is 16.5. The molecule has 0 aromatic heterocycles. The molecule has 3 nitrogen and oxygen atoms in total. The normalized spacial score (nSPS) is 41.0. The number of fused-ring (bicyclic) bond motifs is 4. The molecule has 0 radical (unpaired) electrons. The van der Waals surface area contributed by atoms with Crippen molar-refractivity contribution in [3.05, 3.63) is 29.3 Å². The van der Waals surface area contributed by atoms with Gasteiger partial charge in [-0.2, -0.15) is 0 Å². The third kappa shape index (κ3) is 1.87. The molecule has 4 aliphatic rings. The van der Waals surface area contributed by atoms with Crippen molar-refractivity contribution < 1.29 is 14.3 Å². The minimum Gasteiger partial charge on any atom is -0.427 e. The molecule has 5 rings (SSSR count). The molecular weight excluding hydrogens is 312 g/mol. The number of carbonyl (C=O) groups is 2. The van der Waals surface area contributed by atoms with E-state index in [1.807, 2.05) is 6.07 Å². The Morgan fingerprint density at radius 2 is 2.04 bits per heavy atom. The average molecular weight is 338 g/mol. The number of esters is 1. The summed E-state index contributed by atoms with van der Waals surface area (Å²) < 4.78 is 5.28. The molecule has 0 aliphatic heterocycles. The van der Waals surface area contributed by atoms with Crippen molar-refractivity contribution in [3.63, 3.8) is 0 Å². The summed E-state index contributed by atoms with van der Waals surface area (Å²) in [5.74, 6) is 2.55. The molecule has 3 fully saturated rings. The Morgan fingerprint density at radius 3 is 2.84 bits per heavy atom. The summed E-state index contributed by atoms with van der Waals surface area (Å²) in [7, 11) is 0. The number of hydrogen-bond acceptors (Lipinski definition) is 3. The number of benzene rings is 1. The fourth-order valence-corrected chi connectivity index (χ4v) is 7.20. The van der Waals surface area contributed by atoms with E-state index in [1.54, 1.807) is 0 Å². The van der Waals surface area contributed by atoms with Crippen LogP contribution in [0.25, 0.3) is 0 Å². The van der Waals surface area contributed by atoms with E-state index >= 15 is 0 Å². The second-order valence-electron chi connectivity index (χ2n) is 9.04. The van der Waals surface area contributed by atoms with Crippen LogP contribution >= 0.6 is 0 Å². The van der Waals surface area contributed by atoms with Gasteiger partial charge in [0.15, 0.2) is 0 Å². The summed E-state index contributed by atoms with van der Waals surface area (Å²) in [6, 6.07) is 6.20. The third-order valence-corrected chi connectivity index (χ3v) is 8.21. The molecule has 3 heteroatoms. The average Bonchev–Trinajstić information content (AvgIpc) is 3.11. The van der Waals surface area contributed by atoms with Crippen molar-refractivity contribution in [2.75, 3.05) is 0 Å². The van der Waals surface area contributed by atoms with Gasteiger partial charge >= 0.3 is 5.97 Å². The van der Waals surface area contributed by atoms with Crippen LogP contribution in [0.3, 0.4) is 0 Å². The van der Waals surface area contributed by atoms with E-state index in [0.29, 0.717) is 29.3 Å². The molecule has 4 aliphatic carbocycles. The fourth-order valence-electron chi connectivity index (χ4n) is 7.20. The summed E-state index contributed by atoms with van der Waals surface area (Å²) >= 11 is 0. The number of Topliss-reactive ketones (excluding diaryl/α,β-unsaturated/α-hetero) is 1. The summed E-state index contributed by atoms with van der Waals surface area (Å²) in [4.78, 5) is 24.2. The minimum atomic E-state index is -0.262. The zero-order valence-electron chi connectivity index (χ0n) is 15.1. The maximum absolute atomic E-state index is 12.9. The first kappa shape index (κ1) is 15.6. The van der Waals surface area contributed by atoms with Crippen LogP contribution in [-0.2, 0) is 16.0 Å². The van der Waals surface area contributed by atoms with Gasteiger partial charge in [-0.1, -0.05) is 13.0 Å². The topological polar surface area (TPSA) is 43.4 Å². The monoisotopic (exact) mass is 338 g/mol. The third-order valence-electron chi connectivity index (χ3n) is 8.21. The largest absolute Gasteiger partial charge is 0.427 e. The van der Waals surface area contributed by atoms with Gasteiger partial charge in [0.2, 0.25) is 0 Å². The van der Waals surface area contributed by atoms with Gasteiger partial charge in [0.05, 0.1) is 0 Å². The molecule has 5 atom stereocenters. The molecule has 1 aromatic carbocycles. The molecule has 0 amide bonds. The Morgan fingerprint density at radius 1 is 1.20 bits per heavy atom. The summed E-state index contributed by atoms with van der Waals surface area (Å²) in [5, 5.41) is 0. The standard InChI is InChI=1S/C22H26O3/c1-13(23)25-16-4-5-17-14(11-16)3-6-19-18(17)8-9-21(2)20(24)15-7-10-22(19,21)12-15/h4-5,11,15,18-19H,3,6-10,12H2,1-2H3/t15-,18?,19?,21-,22+/m1/s1. The first-order chi connectivity index (χ1) is 11.9. The Labute approximate surface area is 149 Å². The smallest absolute Gasteiger partial charge is 0.308 e. The molecular formula is C22H26O3. The zero-order valence-corrected chi connectivity index (χ0v) is 15.1. The summed E-state index contributed by atoms with van der Waals surface area (Å²) in [5.41, 5.74) is 2.99. The van der Waals surface area contributed by atoms with E-state index in [9.17, 15) is 9.59 Å². The SMILES string of the molecule is CC(=O)Oc1ccc2c(c1)CCC1C2CC[C@]2(C)C(=O)[C@@H]3CC[C@]12C3. The van der Waals surface area contributed by atoms with Gasteiger partial charge in [-0.3, -0.25) is 9.59 Å². The highest BCUT2D eigenvalue weighted by Crippen LogP contribution is 2.73. The molecule has 25 heavy (non-hydrogen) atoms. The number of aryl methyl sites for hydroxylation is 1. The van der Waals surface area contributed by atoms with Gasteiger partial charge in [-0.25, -0.2) is 0 Å². The Hall–Kier alpha value is -1.64. The van der Waals surface area contributed by atoms with Gasteiger partial charge in [0.25, 0.3) is 0 Å². The van der Waals surface area contributed by atoms with Crippen LogP contribution in [0.15, 0.2) is 18.2 Å². The lowest BCUT2D eigenvalue weighted by Gasteiger charge is -2.57. The predicted octanol–water partition coefficient (Wildman–Crippen LogP) is 4.43. The quantitative estimate of drug-likeness (QED) is 0.562. The number of ketones is 1. The van der Waals surface area contributed by atoms with Crippen LogP contribution < -0.4 is 4.74 Å². The minimum absolute atomic E-state index is 0.0632. The van der Waals surface area contributed by atoms with Crippen LogP contribution in [0.4, 0.5) is 0 Å². The Kier molecular flexibility index (Phi) is 3.09. The zero-order chi connectivity index (χ0) is 17.4. The van der Waals surface area contributed by atoms with Gasteiger partial charge in [-0.15, -0.1) is 0 Å². The van der Waals surface area contributed by atoms with Crippen molar-refractivity contribution in [3.8, 4) is 5.75 Å². The van der Waals surface area contributed by atoms with E-state index in [0.717, 1.165) is 32.1 Å². The van der Waals surface area contributed by atoms with Crippen molar-refractivity contribution in [1.29, 1.82) is 0 Å². The second kappa shape index (κ2) is 4.96. The molecule has 0 heterocycles. The highest BCUT2D eigenvalue weighted by Gasteiger charge is 2.69. The van der Waals surface area contributed by atoms with Crippen LogP contribution in [0.5, 0.6) is 5.75 Å². The van der Waals surface area contributed by atoms with Crippen LogP contribution in [0.1, 0.15) is 69.4 Å². The lowest BCUT2D eigenvalue weighted by molar-refractivity contribution is -0.142. The van der Waals surface area contributed by atoms with Crippen molar-refractivity contribution in [1.82, 2.24) is 0 Å². The Balaban J connectivity index is 1.53. The first-order valence-electron chi connectivity index (χ1n) is 9.80. The lowest BCUT2D eigenvalue weighted by Crippen LogP contribution is -2.52. The molecule has 2 bridgehead atoms. The fraction of sp³-hybridized carbons (Fsp3) is 0.636. The van der Waals surface area contributed by atoms with Gasteiger partial charge < -0.3 is 4.74 Å². The Bertz CT molecular complexity index is 781. The maximum Gasteiger partial charge on any atom is 0.308 e. The number of carbonyl (C=O) groups excluding carboxylic acids is 2. The maximum atomic E-state index is 12.9. The number of rotatable bonds is 1. The molecule has 0 saturated heterocycles. The summed E-state index contributed by atoms with van der Waals surface area (Å²) in [6.45, 7) is 3.73. The highest BCUT2D eigenvalue weighted by molar-refractivity contribution is 5.91. The molecule has 1 aromatic rings. The summed E-state index contributed by atoms with van der Waals surface area (Å²) in [6.07, 6.45) is 7.91. The van der Waals surface area contributed by atoms with Crippen molar-refractivity contribution in [2.24, 2.45) is 22.7 Å². The van der Waals surface area contributed by atoms with Gasteiger partial charge in [-0.05, 0) is 85.5 Å². The molecule has 2 unspecified atom stereocenters. The van der Waals surface area contributed by atoms with Gasteiger partial charge in [0, 0.05) is 18.3 Å². The van der Waals surface area contributed by atoms with Crippen LogP contribution in [0, 0.1) is 22.7 Å². The van der Waals surface area contributed by atoms with E-state index in [2.05, 4.69) is 19.1 Å². The van der Waals surface area contributed by atoms with Crippen LogP contribution in [0.2, 0.25) is 0 Å². The van der Waals surface area contributed by atoms with Gasteiger partial charge in [0.1, 0.15) is 11.5 Å². The first-order valence-corrected chi connectivity index (χ1v) is 9.80. The van der Waals surface area contributed by atoms with Crippen molar-refractivity contribution in [2.45, 2.75) is 64.7 Å². The second-order valence-corrected chi connectivity index (χ2v) is 9.04. The van der Waals surface area contributed by atoms with E-state index < -0.39 is 0 Å².